The zero-order valence-electron chi connectivity index (χ0n) is 12.2. The van der Waals surface area contributed by atoms with Crippen molar-refractivity contribution in [3.63, 3.8) is 0 Å². The second-order valence-corrected chi connectivity index (χ2v) is 7.34. The molecule has 2 rings (SSSR count). The van der Waals surface area contributed by atoms with Crippen LogP contribution in [0.4, 0.5) is 10.1 Å². The van der Waals surface area contributed by atoms with Gasteiger partial charge in [-0.3, -0.25) is 0 Å². The van der Waals surface area contributed by atoms with Crippen LogP contribution in [0.1, 0.15) is 31.2 Å². The van der Waals surface area contributed by atoms with Crippen molar-refractivity contribution in [2.75, 3.05) is 12.3 Å². The minimum atomic E-state index is -3.69. The Kier molecular flexibility index (Phi) is 4.68. The predicted octanol–water partition coefficient (Wildman–Crippen LogP) is 2.84. The van der Waals surface area contributed by atoms with Crippen molar-refractivity contribution in [2.45, 2.75) is 43.5 Å². The summed E-state index contributed by atoms with van der Waals surface area (Å²) in [7, 11) is -3.69. The molecule has 6 heteroatoms. The zero-order valence-corrected chi connectivity index (χ0v) is 13.0. The van der Waals surface area contributed by atoms with Crippen LogP contribution in [0.25, 0.3) is 0 Å². The maximum Gasteiger partial charge on any atom is 0.243 e. The summed E-state index contributed by atoms with van der Waals surface area (Å²) < 4.78 is 40.7. The average molecular weight is 312 g/mol. The summed E-state index contributed by atoms with van der Waals surface area (Å²) in [5.41, 5.74) is 5.66. The highest BCUT2D eigenvalue weighted by molar-refractivity contribution is 7.89. The van der Waals surface area contributed by atoms with E-state index in [1.165, 1.54) is 23.4 Å². The Morgan fingerprint density at radius 1 is 1.43 bits per heavy atom. The summed E-state index contributed by atoms with van der Waals surface area (Å²) >= 11 is 0. The lowest BCUT2D eigenvalue weighted by Gasteiger charge is -2.27. The molecule has 0 radical (unpaired) electrons. The molecule has 4 nitrogen and oxygen atoms in total. The monoisotopic (exact) mass is 312 g/mol. The molecular weight excluding hydrogens is 291 g/mol. The first-order chi connectivity index (χ1) is 9.87. The summed E-state index contributed by atoms with van der Waals surface area (Å²) in [5, 5.41) is 0. The second-order valence-electron chi connectivity index (χ2n) is 5.45. The van der Waals surface area contributed by atoms with Crippen molar-refractivity contribution in [3.8, 4) is 0 Å². The van der Waals surface area contributed by atoms with Gasteiger partial charge in [-0.05, 0) is 37.5 Å². The first-order valence-electron chi connectivity index (χ1n) is 7.06. The van der Waals surface area contributed by atoms with E-state index >= 15 is 0 Å². The van der Waals surface area contributed by atoms with Crippen LogP contribution < -0.4 is 5.73 Å². The minimum absolute atomic E-state index is 0.0143. The third kappa shape index (κ3) is 3.11. The quantitative estimate of drug-likeness (QED) is 0.671. The highest BCUT2D eigenvalue weighted by Gasteiger charge is 2.32. The van der Waals surface area contributed by atoms with E-state index in [1.54, 1.807) is 6.08 Å². The molecule has 21 heavy (non-hydrogen) atoms. The van der Waals surface area contributed by atoms with E-state index < -0.39 is 15.8 Å². The molecule has 0 aliphatic heterocycles. The van der Waals surface area contributed by atoms with E-state index in [4.69, 9.17) is 5.73 Å². The van der Waals surface area contributed by atoms with Gasteiger partial charge in [-0.1, -0.05) is 18.9 Å². The fourth-order valence-electron chi connectivity index (χ4n) is 2.81. The molecule has 116 valence electrons. The number of nitrogens with zero attached hydrogens (tertiary/aromatic N) is 1. The van der Waals surface area contributed by atoms with Gasteiger partial charge in [0.25, 0.3) is 0 Å². The van der Waals surface area contributed by atoms with Gasteiger partial charge in [-0.2, -0.15) is 4.31 Å². The molecule has 1 aromatic rings. The van der Waals surface area contributed by atoms with Crippen molar-refractivity contribution in [1.82, 2.24) is 4.31 Å². The van der Waals surface area contributed by atoms with E-state index in [9.17, 15) is 12.8 Å². The molecule has 2 N–H and O–H groups in total. The maximum atomic E-state index is 13.6. The number of nitrogens with two attached hydrogens (primary N) is 1. The normalized spacial score (nSPS) is 16.5. The molecule has 0 heterocycles. The largest absolute Gasteiger partial charge is 0.396 e. The van der Waals surface area contributed by atoms with Crippen LogP contribution in [0.2, 0.25) is 0 Å². The summed E-state index contributed by atoms with van der Waals surface area (Å²) in [4.78, 5) is 0.0488. The van der Waals surface area contributed by atoms with Crippen LogP contribution in [0, 0.1) is 12.7 Å². The van der Waals surface area contributed by atoms with E-state index in [1.807, 2.05) is 0 Å². The topological polar surface area (TPSA) is 63.4 Å². The Morgan fingerprint density at radius 2 is 2.05 bits per heavy atom. The van der Waals surface area contributed by atoms with E-state index in [0.29, 0.717) is 0 Å². The Morgan fingerprint density at radius 3 is 2.57 bits per heavy atom. The van der Waals surface area contributed by atoms with Crippen LogP contribution in [0.15, 0.2) is 29.7 Å². The minimum Gasteiger partial charge on any atom is -0.396 e. The Bertz CT molecular complexity index is 614. The van der Waals surface area contributed by atoms with E-state index in [2.05, 4.69) is 6.58 Å². The lowest BCUT2D eigenvalue weighted by molar-refractivity contribution is 0.347. The molecule has 0 atom stereocenters. The molecule has 1 aromatic carbocycles. The van der Waals surface area contributed by atoms with Gasteiger partial charge in [0.1, 0.15) is 5.82 Å². The number of benzene rings is 1. The van der Waals surface area contributed by atoms with Crippen LogP contribution in [0.3, 0.4) is 0 Å². The number of hydrogen-bond donors (Lipinski definition) is 1. The number of sulfonamides is 1. The molecular formula is C15H21FN2O2S. The molecule has 1 aliphatic carbocycles. The number of halogens is 1. The lowest BCUT2D eigenvalue weighted by atomic mass is 10.2. The molecule has 0 aromatic heterocycles. The van der Waals surface area contributed by atoms with Crippen molar-refractivity contribution in [3.05, 3.63) is 36.2 Å². The number of rotatable bonds is 5. The standard InChI is InChI=1S/C15H21FN2O2S/c1-3-8-18(12-6-4-5-7-12)21(19,20)13-9-11(2)15(16)14(17)10-13/h3,9-10,12H,1,4-8,17H2,2H3. The van der Waals surface area contributed by atoms with Gasteiger partial charge in [0.05, 0.1) is 10.6 Å². The van der Waals surface area contributed by atoms with Gasteiger partial charge < -0.3 is 5.73 Å². The number of anilines is 1. The second kappa shape index (κ2) is 6.15. The van der Waals surface area contributed by atoms with Gasteiger partial charge in [-0.15, -0.1) is 6.58 Å². The Hall–Kier alpha value is -1.40. The SMILES string of the molecule is C=CCN(C1CCCC1)S(=O)(=O)c1cc(C)c(F)c(N)c1. The predicted molar refractivity (Wildman–Crippen MR) is 81.9 cm³/mol. The molecule has 0 saturated heterocycles. The molecule has 1 saturated carbocycles. The fourth-order valence-corrected chi connectivity index (χ4v) is 4.59. The summed E-state index contributed by atoms with van der Waals surface area (Å²) in [6, 6.07) is 2.52. The molecule has 0 spiro atoms. The Balaban J connectivity index is 2.45. The average Bonchev–Trinajstić information content (AvgIpc) is 2.95. The summed E-state index contributed by atoms with van der Waals surface area (Å²) in [6.07, 6.45) is 5.33. The van der Waals surface area contributed by atoms with Crippen LogP contribution >= 0.6 is 0 Å². The third-order valence-electron chi connectivity index (χ3n) is 3.90. The molecule has 0 unspecified atom stereocenters. The molecule has 0 bridgehead atoms. The van der Waals surface area contributed by atoms with Crippen molar-refractivity contribution < 1.29 is 12.8 Å². The Labute approximate surface area is 125 Å². The zero-order chi connectivity index (χ0) is 15.6. The van der Waals surface area contributed by atoms with Crippen molar-refractivity contribution >= 4 is 15.7 Å². The highest BCUT2D eigenvalue weighted by atomic mass is 32.2. The highest BCUT2D eigenvalue weighted by Crippen LogP contribution is 2.30. The van der Waals surface area contributed by atoms with E-state index in [-0.39, 0.29) is 28.7 Å². The number of hydrogen-bond acceptors (Lipinski definition) is 3. The van der Waals surface area contributed by atoms with Gasteiger partial charge in [0.15, 0.2) is 0 Å². The first kappa shape index (κ1) is 16.0. The van der Waals surface area contributed by atoms with Gasteiger partial charge in [0.2, 0.25) is 10.0 Å². The number of aryl methyl sites for hydroxylation is 1. The molecule has 1 aliphatic rings. The van der Waals surface area contributed by atoms with Crippen LogP contribution in [-0.4, -0.2) is 25.3 Å². The smallest absolute Gasteiger partial charge is 0.243 e. The molecule has 1 fully saturated rings. The van der Waals surface area contributed by atoms with Crippen LogP contribution in [0.5, 0.6) is 0 Å². The van der Waals surface area contributed by atoms with E-state index in [0.717, 1.165) is 25.7 Å². The lowest BCUT2D eigenvalue weighted by Crippen LogP contribution is -2.39. The summed E-state index contributed by atoms with van der Waals surface area (Å²) in [5.74, 6) is -0.565. The summed E-state index contributed by atoms with van der Waals surface area (Å²) in [6.45, 7) is 5.40. The molecule has 0 amide bonds. The third-order valence-corrected chi connectivity index (χ3v) is 5.80. The van der Waals surface area contributed by atoms with Gasteiger partial charge in [0, 0.05) is 12.6 Å². The van der Waals surface area contributed by atoms with Crippen molar-refractivity contribution in [2.24, 2.45) is 0 Å². The number of nitrogen functional groups attached to an aromatic ring is 1. The van der Waals surface area contributed by atoms with Gasteiger partial charge in [-0.25, -0.2) is 12.8 Å². The van der Waals surface area contributed by atoms with Crippen molar-refractivity contribution in [1.29, 1.82) is 0 Å². The fraction of sp³-hybridized carbons (Fsp3) is 0.467. The maximum absolute atomic E-state index is 13.6. The van der Waals surface area contributed by atoms with Gasteiger partial charge >= 0.3 is 0 Å². The van der Waals surface area contributed by atoms with Crippen LogP contribution in [-0.2, 0) is 10.0 Å². The first-order valence-corrected chi connectivity index (χ1v) is 8.50.